The molecule has 0 spiro atoms. The van der Waals surface area contributed by atoms with Crippen LogP contribution < -0.4 is 20.9 Å². The molecule has 26 heavy (non-hydrogen) atoms. The SMILES string of the molecule is O=C(COc1ccc(Cl)cc1)NNC(=O)Nc1ccccc1C(F)(F)F. The van der Waals surface area contributed by atoms with E-state index in [9.17, 15) is 22.8 Å². The fraction of sp³-hybridized carbons (Fsp3) is 0.125. The molecule has 0 fully saturated rings. The highest BCUT2D eigenvalue weighted by molar-refractivity contribution is 6.30. The zero-order valence-electron chi connectivity index (χ0n) is 13.1. The summed E-state index contributed by atoms with van der Waals surface area (Å²) in [6.45, 7) is -0.416. The number of amides is 3. The van der Waals surface area contributed by atoms with Crippen LogP contribution in [0, 0.1) is 0 Å². The number of halogens is 4. The number of urea groups is 1. The first-order chi connectivity index (χ1) is 12.3. The molecule has 0 aliphatic carbocycles. The number of rotatable bonds is 4. The first-order valence-corrected chi connectivity index (χ1v) is 7.54. The molecule has 10 heteroatoms. The van der Waals surface area contributed by atoms with E-state index in [1.54, 1.807) is 24.3 Å². The first kappa shape index (κ1) is 19.4. The summed E-state index contributed by atoms with van der Waals surface area (Å²) in [6, 6.07) is 9.64. The number of para-hydroxylation sites is 1. The predicted molar refractivity (Wildman–Crippen MR) is 88.7 cm³/mol. The summed E-state index contributed by atoms with van der Waals surface area (Å²) < 4.78 is 43.6. The maximum Gasteiger partial charge on any atom is 0.418 e. The summed E-state index contributed by atoms with van der Waals surface area (Å²) in [5.74, 6) is -0.327. The molecular weight excluding hydrogens is 375 g/mol. The summed E-state index contributed by atoms with van der Waals surface area (Å²) in [5, 5.41) is 2.51. The molecule has 0 radical (unpaired) electrons. The number of alkyl halides is 3. The number of anilines is 1. The number of hydrogen-bond acceptors (Lipinski definition) is 3. The van der Waals surface area contributed by atoms with Gasteiger partial charge in [0.15, 0.2) is 6.61 Å². The highest BCUT2D eigenvalue weighted by atomic mass is 35.5. The van der Waals surface area contributed by atoms with Crippen LogP contribution in [0.25, 0.3) is 0 Å². The lowest BCUT2D eigenvalue weighted by atomic mass is 10.1. The molecule has 2 aromatic carbocycles. The molecule has 0 saturated heterocycles. The Morgan fingerprint density at radius 2 is 1.65 bits per heavy atom. The Bertz CT molecular complexity index is 782. The van der Waals surface area contributed by atoms with Gasteiger partial charge in [-0.2, -0.15) is 13.2 Å². The van der Waals surface area contributed by atoms with Gasteiger partial charge in [-0.3, -0.25) is 10.2 Å². The van der Waals surface area contributed by atoms with Gasteiger partial charge < -0.3 is 10.1 Å². The lowest BCUT2D eigenvalue weighted by molar-refractivity contribution is -0.137. The van der Waals surface area contributed by atoms with E-state index in [0.29, 0.717) is 10.8 Å². The average molecular weight is 388 g/mol. The number of carbonyl (C=O) groups is 2. The third-order valence-electron chi connectivity index (χ3n) is 2.98. The lowest BCUT2D eigenvalue weighted by Crippen LogP contribution is -2.45. The average Bonchev–Trinajstić information content (AvgIpc) is 2.59. The molecule has 3 N–H and O–H groups in total. The summed E-state index contributed by atoms with van der Waals surface area (Å²) in [5.41, 5.74) is 2.50. The number of hydrogen-bond donors (Lipinski definition) is 3. The van der Waals surface area contributed by atoms with Gasteiger partial charge in [0.1, 0.15) is 5.75 Å². The minimum absolute atomic E-state index is 0.383. The van der Waals surface area contributed by atoms with Crippen LogP contribution in [0.15, 0.2) is 48.5 Å². The molecule has 3 amide bonds. The molecule has 0 aliphatic heterocycles. The van der Waals surface area contributed by atoms with Crippen LogP contribution in [-0.4, -0.2) is 18.5 Å². The van der Waals surface area contributed by atoms with Gasteiger partial charge in [0, 0.05) is 5.02 Å². The fourth-order valence-electron chi connectivity index (χ4n) is 1.84. The van der Waals surface area contributed by atoms with Crippen LogP contribution in [0.3, 0.4) is 0 Å². The van der Waals surface area contributed by atoms with Crippen LogP contribution in [0.2, 0.25) is 5.02 Å². The molecule has 2 rings (SSSR count). The van der Waals surface area contributed by atoms with Gasteiger partial charge in [0.25, 0.3) is 5.91 Å². The second-order valence-electron chi connectivity index (χ2n) is 4.91. The lowest BCUT2D eigenvalue weighted by Gasteiger charge is -2.14. The second kappa shape index (κ2) is 8.43. The molecule has 2 aromatic rings. The smallest absolute Gasteiger partial charge is 0.418 e. The van der Waals surface area contributed by atoms with Crippen molar-refractivity contribution in [1.29, 1.82) is 0 Å². The molecule has 0 aliphatic rings. The van der Waals surface area contributed by atoms with Crippen LogP contribution in [-0.2, 0) is 11.0 Å². The van der Waals surface area contributed by atoms with Crippen molar-refractivity contribution < 1.29 is 27.5 Å². The quantitative estimate of drug-likeness (QED) is 0.701. The minimum Gasteiger partial charge on any atom is -0.484 e. The van der Waals surface area contributed by atoms with Crippen LogP contribution in [0.1, 0.15) is 5.56 Å². The summed E-state index contributed by atoms with van der Waals surface area (Å²) in [7, 11) is 0. The van der Waals surface area contributed by atoms with Crippen LogP contribution in [0.4, 0.5) is 23.7 Å². The monoisotopic (exact) mass is 387 g/mol. The Labute approximate surface area is 151 Å². The van der Waals surface area contributed by atoms with Crippen LogP contribution >= 0.6 is 11.6 Å². The zero-order chi connectivity index (χ0) is 19.2. The predicted octanol–water partition coefficient (Wildman–Crippen LogP) is 3.59. The van der Waals surface area contributed by atoms with Gasteiger partial charge in [0.2, 0.25) is 0 Å². The van der Waals surface area contributed by atoms with E-state index in [4.69, 9.17) is 16.3 Å². The number of hydrazine groups is 1. The maximum absolute atomic E-state index is 12.8. The second-order valence-corrected chi connectivity index (χ2v) is 5.35. The number of benzene rings is 2. The molecular formula is C16H13ClF3N3O3. The van der Waals surface area contributed by atoms with E-state index in [0.717, 1.165) is 12.1 Å². The highest BCUT2D eigenvalue weighted by Gasteiger charge is 2.33. The van der Waals surface area contributed by atoms with Crippen molar-refractivity contribution in [3.05, 3.63) is 59.1 Å². The zero-order valence-corrected chi connectivity index (χ0v) is 13.8. The molecule has 0 unspecified atom stereocenters. The standard InChI is InChI=1S/C16H13ClF3N3O3/c17-10-5-7-11(8-6-10)26-9-14(24)22-23-15(25)21-13-4-2-1-3-12(13)16(18,19)20/h1-8H,9H2,(H,22,24)(H2,21,23,25). The first-order valence-electron chi connectivity index (χ1n) is 7.16. The van der Waals surface area contributed by atoms with Crippen molar-refractivity contribution >= 4 is 29.2 Å². The van der Waals surface area contributed by atoms with E-state index in [-0.39, 0.29) is 0 Å². The molecule has 0 saturated carbocycles. The van der Waals surface area contributed by atoms with Crippen molar-refractivity contribution in [2.75, 3.05) is 11.9 Å². The van der Waals surface area contributed by atoms with Gasteiger partial charge in [-0.25, -0.2) is 10.2 Å². The normalized spacial score (nSPS) is 10.8. The Balaban J connectivity index is 1.82. The van der Waals surface area contributed by atoms with Crippen molar-refractivity contribution in [2.24, 2.45) is 0 Å². The Hall–Kier alpha value is -2.94. The topological polar surface area (TPSA) is 79.5 Å². The third-order valence-corrected chi connectivity index (χ3v) is 3.23. The number of carbonyl (C=O) groups excluding carboxylic acids is 2. The Kier molecular flexibility index (Phi) is 6.29. The van der Waals surface area contributed by atoms with E-state index in [2.05, 4.69) is 0 Å². The minimum atomic E-state index is -4.63. The molecule has 0 aromatic heterocycles. The van der Waals surface area contributed by atoms with Crippen molar-refractivity contribution in [3.8, 4) is 5.75 Å². The van der Waals surface area contributed by atoms with E-state index in [1.807, 2.05) is 16.2 Å². The molecule has 6 nitrogen and oxygen atoms in total. The Morgan fingerprint density at radius 3 is 2.31 bits per heavy atom. The van der Waals surface area contributed by atoms with Gasteiger partial charge in [-0.1, -0.05) is 23.7 Å². The van der Waals surface area contributed by atoms with Gasteiger partial charge >= 0.3 is 12.2 Å². The van der Waals surface area contributed by atoms with Crippen molar-refractivity contribution in [1.82, 2.24) is 10.9 Å². The van der Waals surface area contributed by atoms with Gasteiger partial charge in [-0.05, 0) is 36.4 Å². The van der Waals surface area contributed by atoms with Gasteiger partial charge in [0.05, 0.1) is 11.3 Å². The summed E-state index contributed by atoms with van der Waals surface area (Å²) in [6.07, 6.45) is -4.63. The van der Waals surface area contributed by atoms with E-state index >= 15 is 0 Å². The maximum atomic E-state index is 12.8. The van der Waals surface area contributed by atoms with Crippen molar-refractivity contribution in [3.63, 3.8) is 0 Å². The largest absolute Gasteiger partial charge is 0.484 e. The summed E-state index contributed by atoms with van der Waals surface area (Å²) >= 11 is 5.71. The highest BCUT2D eigenvalue weighted by Crippen LogP contribution is 2.34. The number of ether oxygens (including phenoxy) is 1. The molecule has 0 heterocycles. The van der Waals surface area contributed by atoms with Crippen LogP contribution in [0.5, 0.6) is 5.75 Å². The summed E-state index contributed by atoms with van der Waals surface area (Å²) in [4.78, 5) is 23.2. The third kappa shape index (κ3) is 5.85. The Morgan fingerprint density at radius 1 is 1.00 bits per heavy atom. The molecule has 138 valence electrons. The fourth-order valence-corrected chi connectivity index (χ4v) is 1.96. The van der Waals surface area contributed by atoms with E-state index < -0.39 is 36.0 Å². The van der Waals surface area contributed by atoms with E-state index in [1.165, 1.54) is 12.1 Å². The number of nitrogens with one attached hydrogen (secondary N) is 3. The molecule has 0 bridgehead atoms. The molecule has 0 atom stereocenters. The van der Waals surface area contributed by atoms with Crippen molar-refractivity contribution in [2.45, 2.75) is 6.18 Å². The van der Waals surface area contributed by atoms with Gasteiger partial charge in [-0.15, -0.1) is 0 Å².